The molecule has 0 aliphatic heterocycles. The fourth-order valence-electron chi connectivity index (χ4n) is 3.49. The summed E-state index contributed by atoms with van der Waals surface area (Å²) >= 11 is 0. The Morgan fingerprint density at radius 1 is 1.00 bits per heavy atom. The van der Waals surface area contributed by atoms with Gasteiger partial charge in [-0.25, -0.2) is 0 Å². The first-order chi connectivity index (χ1) is 5.29. The van der Waals surface area contributed by atoms with E-state index < -0.39 is 0 Å². The third-order valence-corrected chi connectivity index (χ3v) is 4.14. The van der Waals surface area contributed by atoms with Gasteiger partial charge >= 0.3 is 0 Å². The van der Waals surface area contributed by atoms with Crippen LogP contribution in [0, 0.1) is 23.7 Å². The van der Waals surface area contributed by atoms with E-state index in [9.17, 15) is 0 Å². The number of allylic oxidation sites excluding steroid dienone is 2. The lowest BCUT2D eigenvalue weighted by atomic mass is 9.59. The summed E-state index contributed by atoms with van der Waals surface area (Å²) in [5, 5.41) is 0. The fraction of sp³-hybridized carbons (Fsp3) is 0.636. The van der Waals surface area contributed by atoms with E-state index in [1.165, 1.54) is 19.3 Å². The van der Waals surface area contributed by atoms with Crippen LogP contribution in [0.3, 0.4) is 0 Å². The smallest absolute Gasteiger partial charge is 0.00717 e. The second-order valence-corrected chi connectivity index (χ2v) is 4.40. The fourth-order valence-corrected chi connectivity index (χ4v) is 3.49. The van der Waals surface area contributed by atoms with Crippen LogP contribution in [0.25, 0.3) is 0 Å². The van der Waals surface area contributed by atoms with Gasteiger partial charge in [-0.2, -0.15) is 0 Å². The number of fused-ring (bicyclic) bond motifs is 1. The third-order valence-electron chi connectivity index (χ3n) is 4.14. The summed E-state index contributed by atoms with van der Waals surface area (Å²) < 4.78 is 0. The van der Waals surface area contributed by atoms with Crippen molar-refractivity contribution in [1.82, 2.24) is 0 Å². The highest BCUT2D eigenvalue weighted by atomic mass is 14.6. The molecule has 0 aromatic carbocycles. The first kappa shape index (κ1) is 6.05. The van der Waals surface area contributed by atoms with Crippen LogP contribution in [0.15, 0.2) is 24.3 Å². The van der Waals surface area contributed by atoms with Crippen LogP contribution in [0.5, 0.6) is 0 Å². The monoisotopic (exact) mass is 146 g/mol. The van der Waals surface area contributed by atoms with Gasteiger partial charge in [0.25, 0.3) is 0 Å². The Morgan fingerprint density at radius 3 is 2.64 bits per heavy atom. The van der Waals surface area contributed by atoms with E-state index in [1.54, 1.807) is 11.1 Å². The SMILES string of the molecule is C=C1[C@@H]2CC[C@H]3C(=C)[C@@H](C2)[C@@H]13. The summed E-state index contributed by atoms with van der Waals surface area (Å²) in [6.07, 6.45) is 4.19. The first-order valence-corrected chi connectivity index (χ1v) is 4.66. The Labute approximate surface area is 68.0 Å². The molecule has 4 atom stereocenters. The molecule has 0 heteroatoms. The molecule has 3 saturated carbocycles. The second-order valence-electron chi connectivity index (χ2n) is 4.40. The van der Waals surface area contributed by atoms with Crippen LogP contribution in [-0.2, 0) is 0 Å². The lowest BCUT2D eigenvalue weighted by Crippen LogP contribution is -2.36. The zero-order chi connectivity index (χ0) is 7.59. The highest BCUT2D eigenvalue weighted by Gasteiger charge is 2.55. The van der Waals surface area contributed by atoms with E-state index in [-0.39, 0.29) is 0 Å². The highest BCUT2D eigenvalue weighted by Crippen LogP contribution is 2.64. The van der Waals surface area contributed by atoms with E-state index in [0.717, 1.165) is 23.7 Å². The van der Waals surface area contributed by atoms with Crippen molar-refractivity contribution in [2.24, 2.45) is 23.7 Å². The van der Waals surface area contributed by atoms with Crippen LogP contribution in [0.1, 0.15) is 19.3 Å². The van der Waals surface area contributed by atoms with E-state index in [1.807, 2.05) is 0 Å². The first-order valence-electron chi connectivity index (χ1n) is 4.66. The Morgan fingerprint density at radius 2 is 1.82 bits per heavy atom. The van der Waals surface area contributed by atoms with Crippen molar-refractivity contribution in [1.29, 1.82) is 0 Å². The molecule has 3 fully saturated rings. The molecule has 2 bridgehead atoms. The number of hydrogen-bond donors (Lipinski definition) is 0. The van der Waals surface area contributed by atoms with Crippen LogP contribution in [-0.4, -0.2) is 0 Å². The lowest BCUT2D eigenvalue weighted by Gasteiger charge is -2.45. The van der Waals surface area contributed by atoms with Crippen molar-refractivity contribution in [3.05, 3.63) is 24.3 Å². The molecule has 0 amide bonds. The van der Waals surface area contributed by atoms with Gasteiger partial charge in [-0.3, -0.25) is 0 Å². The van der Waals surface area contributed by atoms with Gasteiger partial charge in [0.1, 0.15) is 0 Å². The molecule has 3 rings (SSSR count). The molecule has 0 unspecified atom stereocenters. The Hall–Kier alpha value is -0.520. The van der Waals surface area contributed by atoms with Gasteiger partial charge in [0.15, 0.2) is 0 Å². The predicted molar refractivity (Wildman–Crippen MR) is 46.1 cm³/mol. The van der Waals surface area contributed by atoms with Gasteiger partial charge in [0, 0.05) is 0 Å². The summed E-state index contributed by atoms with van der Waals surface area (Å²) in [4.78, 5) is 0. The maximum atomic E-state index is 4.21. The summed E-state index contributed by atoms with van der Waals surface area (Å²) in [5.74, 6) is 3.47. The van der Waals surface area contributed by atoms with Crippen molar-refractivity contribution in [2.75, 3.05) is 0 Å². The van der Waals surface area contributed by atoms with E-state index in [4.69, 9.17) is 0 Å². The average molecular weight is 146 g/mol. The van der Waals surface area contributed by atoms with Gasteiger partial charge in [-0.05, 0) is 42.9 Å². The summed E-state index contributed by atoms with van der Waals surface area (Å²) in [7, 11) is 0. The normalized spacial score (nSPS) is 52.7. The molecule has 11 heavy (non-hydrogen) atoms. The maximum Gasteiger partial charge on any atom is -0.00717 e. The largest absolute Gasteiger partial charge is 0.0993 e. The average Bonchev–Trinajstić information content (AvgIpc) is 2.25. The van der Waals surface area contributed by atoms with E-state index in [0.29, 0.717) is 0 Å². The minimum atomic E-state index is 0.853. The van der Waals surface area contributed by atoms with Gasteiger partial charge in [0.05, 0.1) is 0 Å². The summed E-state index contributed by atoms with van der Waals surface area (Å²) in [5.41, 5.74) is 3.12. The quantitative estimate of drug-likeness (QED) is 0.461. The van der Waals surface area contributed by atoms with Crippen LogP contribution in [0.2, 0.25) is 0 Å². The van der Waals surface area contributed by atoms with Gasteiger partial charge in [-0.1, -0.05) is 24.3 Å². The summed E-state index contributed by atoms with van der Waals surface area (Å²) in [6.45, 7) is 8.39. The van der Waals surface area contributed by atoms with Crippen LogP contribution in [0.4, 0.5) is 0 Å². The molecule has 3 aliphatic rings. The van der Waals surface area contributed by atoms with Crippen molar-refractivity contribution in [3.8, 4) is 0 Å². The minimum absolute atomic E-state index is 0.853. The standard InChI is InChI=1S/C11H14/c1-6-8-3-4-9-7(2)10(5-8)11(6)9/h8-11H,1-5H2/t8-,9+,10-,11+/m1/s1. The zero-order valence-electron chi connectivity index (χ0n) is 6.84. The molecule has 0 spiro atoms. The molecule has 58 valence electrons. The molecule has 0 radical (unpaired) electrons. The lowest BCUT2D eigenvalue weighted by molar-refractivity contribution is 0.227. The molecule has 0 aromatic rings. The molecular formula is C11H14. The summed E-state index contributed by atoms with van der Waals surface area (Å²) in [6, 6.07) is 0. The van der Waals surface area contributed by atoms with Gasteiger partial charge < -0.3 is 0 Å². The third kappa shape index (κ3) is 0.503. The Kier molecular flexibility index (Phi) is 0.894. The molecule has 0 heterocycles. The highest BCUT2D eigenvalue weighted by molar-refractivity contribution is 5.36. The van der Waals surface area contributed by atoms with Crippen molar-refractivity contribution in [2.45, 2.75) is 19.3 Å². The molecular weight excluding hydrogens is 132 g/mol. The van der Waals surface area contributed by atoms with E-state index in [2.05, 4.69) is 13.2 Å². The molecule has 3 aliphatic carbocycles. The topological polar surface area (TPSA) is 0 Å². The molecule has 0 nitrogen and oxygen atoms in total. The zero-order valence-corrected chi connectivity index (χ0v) is 6.84. The number of hydrogen-bond acceptors (Lipinski definition) is 0. The van der Waals surface area contributed by atoms with Crippen LogP contribution < -0.4 is 0 Å². The molecule has 0 aromatic heterocycles. The van der Waals surface area contributed by atoms with Crippen molar-refractivity contribution in [3.63, 3.8) is 0 Å². The van der Waals surface area contributed by atoms with Gasteiger partial charge in [0.2, 0.25) is 0 Å². The minimum Gasteiger partial charge on any atom is -0.0993 e. The Balaban J connectivity index is 2.07. The predicted octanol–water partition coefficient (Wildman–Crippen LogP) is 2.77. The maximum absolute atomic E-state index is 4.21. The van der Waals surface area contributed by atoms with Crippen molar-refractivity contribution >= 4 is 0 Å². The van der Waals surface area contributed by atoms with Crippen molar-refractivity contribution < 1.29 is 0 Å². The van der Waals surface area contributed by atoms with Gasteiger partial charge in [-0.15, -0.1) is 0 Å². The number of rotatable bonds is 0. The van der Waals surface area contributed by atoms with Crippen LogP contribution >= 0.6 is 0 Å². The second kappa shape index (κ2) is 1.63. The Bertz CT molecular complexity index is 241. The molecule has 0 saturated heterocycles. The van der Waals surface area contributed by atoms with E-state index >= 15 is 0 Å². The molecule has 0 N–H and O–H groups in total.